The second-order valence-electron chi connectivity index (χ2n) is 11.9. The zero-order valence-electron chi connectivity index (χ0n) is 21.1. The molecule has 4 rings (SSSR count). The molecule has 3 aliphatic heterocycles. The molecule has 0 bridgehead atoms. The topological polar surface area (TPSA) is 56.8 Å². The number of rotatable bonds is 3. The van der Waals surface area contributed by atoms with E-state index in [4.69, 9.17) is 0 Å². The molecule has 0 aliphatic carbocycles. The fraction of sp³-hybridized carbons (Fsp3) is 0.731. The minimum atomic E-state index is 0.00248. The highest BCUT2D eigenvalue weighted by Gasteiger charge is 2.47. The lowest BCUT2D eigenvalue weighted by Crippen LogP contribution is -2.49. The summed E-state index contributed by atoms with van der Waals surface area (Å²) in [5.74, 6) is 0.470. The Morgan fingerprint density at radius 2 is 1.88 bits per heavy atom. The van der Waals surface area contributed by atoms with Gasteiger partial charge in [-0.25, -0.2) is 4.79 Å². The summed E-state index contributed by atoms with van der Waals surface area (Å²) in [5.41, 5.74) is 2.26. The molecule has 3 unspecified atom stereocenters. The molecule has 4 heterocycles. The number of fused-ring (bicyclic) bond motifs is 1. The summed E-state index contributed by atoms with van der Waals surface area (Å²) in [6.07, 6.45) is 7.90. The summed E-state index contributed by atoms with van der Waals surface area (Å²) in [4.78, 5) is 36.8. The lowest BCUT2D eigenvalue weighted by molar-refractivity contribution is 0.0923. The van der Waals surface area contributed by atoms with Crippen LogP contribution in [0.15, 0.2) is 18.3 Å². The Balaban J connectivity index is 1.44. The maximum atomic E-state index is 13.5. The predicted octanol–water partition coefficient (Wildman–Crippen LogP) is 5.62. The number of hydrogen-bond acceptors (Lipinski definition) is 4. The van der Waals surface area contributed by atoms with E-state index in [0.29, 0.717) is 19.0 Å². The molecule has 6 nitrogen and oxygen atoms in total. The van der Waals surface area contributed by atoms with E-state index in [0.717, 1.165) is 44.5 Å². The number of thioether (sulfide) groups is 1. The lowest BCUT2D eigenvalue weighted by atomic mass is 9.74. The molecule has 3 aliphatic rings. The van der Waals surface area contributed by atoms with Gasteiger partial charge < -0.3 is 14.7 Å². The monoisotopic (exact) mass is 472 g/mol. The largest absolute Gasteiger partial charge is 0.330 e. The summed E-state index contributed by atoms with van der Waals surface area (Å²) in [7, 11) is 0. The molecule has 0 radical (unpaired) electrons. The van der Waals surface area contributed by atoms with Crippen LogP contribution in [0.3, 0.4) is 0 Å². The molecule has 1 aromatic heterocycles. The van der Waals surface area contributed by atoms with E-state index in [2.05, 4.69) is 55.5 Å². The van der Waals surface area contributed by atoms with Crippen molar-refractivity contribution >= 4 is 23.0 Å². The number of hydrogen-bond donors (Lipinski definition) is 0. The zero-order valence-corrected chi connectivity index (χ0v) is 22.0. The van der Waals surface area contributed by atoms with Crippen LogP contribution in [0, 0.1) is 16.7 Å². The van der Waals surface area contributed by atoms with Gasteiger partial charge in [0.1, 0.15) is 0 Å². The number of carbonyl (C=O) groups is 2. The molecule has 182 valence electrons. The first-order valence-electron chi connectivity index (χ1n) is 12.3. The molecule has 33 heavy (non-hydrogen) atoms. The summed E-state index contributed by atoms with van der Waals surface area (Å²) in [6, 6.07) is 4.69. The standard InChI is InChI=1S/C26H40N4O2S/c1-25(2,3)22-13-18(15-30(22)24(32)33-6)14-26(4,5)21-10-8-12-29(21)23(31)28-16-19-9-7-11-27-20(19)17-28/h7,9,11,18,21-22H,8,10,12-17H2,1-6H3. The predicted molar refractivity (Wildman–Crippen MR) is 134 cm³/mol. The highest BCUT2D eigenvalue weighted by molar-refractivity contribution is 8.12. The van der Waals surface area contributed by atoms with Gasteiger partial charge in [-0.15, -0.1) is 0 Å². The van der Waals surface area contributed by atoms with Crippen LogP contribution in [-0.2, 0) is 13.1 Å². The average Bonchev–Trinajstić information content (AvgIpc) is 3.49. The SMILES string of the molecule is CSC(=O)N1CC(CC(C)(C)C2CCCN2C(=O)N2Cc3cccnc3C2)CC1C(C)(C)C. The Morgan fingerprint density at radius 1 is 1.12 bits per heavy atom. The molecule has 2 fully saturated rings. The molecule has 0 aromatic carbocycles. The summed E-state index contributed by atoms with van der Waals surface area (Å²) < 4.78 is 0. The van der Waals surface area contributed by atoms with Crippen molar-refractivity contribution in [1.29, 1.82) is 0 Å². The van der Waals surface area contributed by atoms with Crippen molar-refractivity contribution in [1.82, 2.24) is 19.7 Å². The maximum Gasteiger partial charge on any atom is 0.320 e. The van der Waals surface area contributed by atoms with Crippen molar-refractivity contribution in [2.45, 2.75) is 85.5 Å². The number of urea groups is 1. The lowest BCUT2D eigenvalue weighted by Gasteiger charge is -2.40. The first-order valence-corrected chi connectivity index (χ1v) is 13.6. The summed E-state index contributed by atoms with van der Waals surface area (Å²) in [6.45, 7) is 14.3. The molecule has 2 saturated heterocycles. The summed E-state index contributed by atoms with van der Waals surface area (Å²) in [5, 5.41) is 0.190. The quantitative estimate of drug-likeness (QED) is 0.573. The van der Waals surface area contributed by atoms with E-state index in [1.165, 1.54) is 17.3 Å². The molecule has 3 atom stereocenters. The molecular weight excluding hydrogens is 432 g/mol. The van der Waals surface area contributed by atoms with Crippen LogP contribution in [0.4, 0.5) is 9.59 Å². The third kappa shape index (κ3) is 4.89. The fourth-order valence-corrected chi connectivity index (χ4v) is 6.85. The van der Waals surface area contributed by atoms with E-state index in [1.807, 2.05) is 23.4 Å². The number of carbonyl (C=O) groups excluding carboxylic acids is 2. The average molecular weight is 473 g/mol. The highest BCUT2D eigenvalue weighted by Crippen LogP contribution is 2.45. The molecular formula is C26H40N4O2S. The van der Waals surface area contributed by atoms with Crippen LogP contribution in [0.25, 0.3) is 0 Å². The molecule has 0 N–H and O–H groups in total. The second-order valence-corrected chi connectivity index (χ2v) is 12.7. The number of aromatic nitrogens is 1. The van der Waals surface area contributed by atoms with Crippen molar-refractivity contribution < 1.29 is 9.59 Å². The van der Waals surface area contributed by atoms with Gasteiger partial charge in [-0.1, -0.05) is 52.4 Å². The van der Waals surface area contributed by atoms with E-state index < -0.39 is 0 Å². The van der Waals surface area contributed by atoms with Crippen LogP contribution in [0.5, 0.6) is 0 Å². The van der Waals surface area contributed by atoms with Gasteiger partial charge in [-0.2, -0.15) is 0 Å². The Bertz CT molecular complexity index is 872. The van der Waals surface area contributed by atoms with Crippen molar-refractivity contribution in [3.63, 3.8) is 0 Å². The second kappa shape index (κ2) is 9.12. The Morgan fingerprint density at radius 3 is 2.55 bits per heavy atom. The van der Waals surface area contributed by atoms with E-state index in [-0.39, 0.29) is 34.2 Å². The van der Waals surface area contributed by atoms with Crippen molar-refractivity contribution in [2.75, 3.05) is 19.3 Å². The van der Waals surface area contributed by atoms with E-state index in [1.54, 1.807) is 0 Å². The van der Waals surface area contributed by atoms with Gasteiger partial charge in [0.2, 0.25) is 0 Å². The zero-order chi connectivity index (χ0) is 24.0. The van der Waals surface area contributed by atoms with E-state index in [9.17, 15) is 9.59 Å². The fourth-order valence-electron chi connectivity index (χ4n) is 6.42. The first-order chi connectivity index (χ1) is 15.5. The maximum absolute atomic E-state index is 13.5. The number of amides is 3. The van der Waals surface area contributed by atoms with Crippen molar-refractivity contribution in [3.8, 4) is 0 Å². The molecule has 0 spiro atoms. The molecule has 7 heteroatoms. The van der Waals surface area contributed by atoms with Crippen LogP contribution >= 0.6 is 11.8 Å². The van der Waals surface area contributed by atoms with Gasteiger partial charge in [0.15, 0.2) is 0 Å². The van der Waals surface area contributed by atoms with Crippen LogP contribution in [0.2, 0.25) is 0 Å². The third-order valence-corrected chi connectivity index (χ3v) is 8.55. The van der Waals surface area contributed by atoms with Gasteiger partial charge in [0, 0.05) is 37.9 Å². The van der Waals surface area contributed by atoms with Crippen LogP contribution in [0.1, 0.15) is 71.6 Å². The van der Waals surface area contributed by atoms with Crippen molar-refractivity contribution in [2.24, 2.45) is 16.7 Å². The minimum absolute atomic E-state index is 0.00248. The number of nitrogens with zero attached hydrogens (tertiary/aromatic N) is 4. The Kier molecular flexibility index (Phi) is 6.74. The Labute approximate surface area is 203 Å². The summed E-state index contributed by atoms with van der Waals surface area (Å²) >= 11 is 1.32. The van der Waals surface area contributed by atoms with Gasteiger partial charge >= 0.3 is 6.03 Å². The smallest absolute Gasteiger partial charge is 0.320 e. The number of likely N-dealkylation sites (tertiary alicyclic amines) is 2. The van der Waals surface area contributed by atoms with Gasteiger partial charge in [-0.3, -0.25) is 9.78 Å². The highest BCUT2D eigenvalue weighted by atomic mass is 32.2. The Hall–Kier alpha value is -1.76. The van der Waals surface area contributed by atoms with Crippen LogP contribution < -0.4 is 0 Å². The van der Waals surface area contributed by atoms with Crippen molar-refractivity contribution in [3.05, 3.63) is 29.6 Å². The molecule has 0 saturated carbocycles. The normalized spacial score (nSPS) is 25.6. The third-order valence-electron chi connectivity index (χ3n) is 7.97. The molecule has 1 aromatic rings. The first kappa shape index (κ1) is 24.4. The minimum Gasteiger partial charge on any atom is -0.330 e. The van der Waals surface area contributed by atoms with Crippen LogP contribution in [-0.4, -0.2) is 62.4 Å². The van der Waals surface area contributed by atoms with Gasteiger partial charge in [0.05, 0.1) is 12.2 Å². The number of pyridine rings is 1. The van der Waals surface area contributed by atoms with Gasteiger partial charge in [-0.05, 0) is 60.3 Å². The van der Waals surface area contributed by atoms with E-state index >= 15 is 0 Å². The van der Waals surface area contributed by atoms with Gasteiger partial charge in [0.25, 0.3) is 5.24 Å². The molecule has 3 amide bonds.